The molecule has 2 aliphatic rings. The Morgan fingerprint density at radius 2 is 2.11 bits per heavy atom. The Bertz CT molecular complexity index is 897. The van der Waals surface area contributed by atoms with Crippen LogP contribution in [0, 0.1) is 11.8 Å². The number of ether oxygens (including phenoxy) is 2. The molecule has 1 aliphatic carbocycles. The van der Waals surface area contributed by atoms with Gasteiger partial charge in [-0.2, -0.15) is 5.10 Å². The van der Waals surface area contributed by atoms with Gasteiger partial charge >= 0.3 is 0 Å². The maximum atomic E-state index is 13.0. The first kappa shape index (κ1) is 18.6. The highest BCUT2D eigenvalue weighted by Crippen LogP contribution is 2.44. The van der Waals surface area contributed by atoms with E-state index in [1.807, 2.05) is 31.2 Å². The Kier molecular flexibility index (Phi) is 4.85. The van der Waals surface area contributed by atoms with Crippen molar-refractivity contribution in [2.45, 2.75) is 19.0 Å². The highest BCUT2D eigenvalue weighted by molar-refractivity contribution is 5.94. The van der Waals surface area contributed by atoms with Gasteiger partial charge in [-0.15, -0.1) is 0 Å². The van der Waals surface area contributed by atoms with Crippen molar-refractivity contribution in [3.8, 4) is 5.75 Å². The zero-order valence-electron chi connectivity index (χ0n) is 16.4. The third-order valence-corrected chi connectivity index (χ3v) is 5.77. The molecule has 1 aliphatic heterocycles. The summed E-state index contributed by atoms with van der Waals surface area (Å²) in [6.45, 7) is 7.47. The van der Waals surface area contributed by atoms with Crippen LogP contribution in [0.5, 0.6) is 5.75 Å². The van der Waals surface area contributed by atoms with Crippen LogP contribution in [-0.2, 0) is 4.74 Å². The number of nitrogens with one attached hydrogen (secondary N) is 2. The lowest BCUT2D eigenvalue weighted by atomic mass is 10.1. The van der Waals surface area contributed by atoms with Gasteiger partial charge in [0.25, 0.3) is 5.91 Å². The highest BCUT2D eigenvalue weighted by Gasteiger charge is 2.55. The van der Waals surface area contributed by atoms with Gasteiger partial charge in [0.05, 0.1) is 32.1 Å². The van der Waals surface area contributed by atoms with E-state index in [0.717, 1.165) is 24.5 Å². The molecule has 7 heteroatoms. The minimum Gasteiger partial charge on any atom is -0.497 e. The molecule has 7 nitrogen and oxygen atoms in total. The van der Waals surface area contributed by atoms with Crippen LogP contribution in [0.25, 0.3) is 5.70 Å². The summed E-state index contributed by atoms with van der Waals surface area (Å²) in [6.07, 6.45) is 0. The van der Waals surface area contributed by atoms with E-state index in [4.69, 9.17) is 9.47 Å². The van der Waals surface area contributed by atoms with Gasteiger partial charge in [-0.1, -0.05) is 18.7 Å². The first-order valence-corrected chi connectivity index (χ1v) is 9.52. The normalized spacial score (nSPS) is 23.6. The second-order valence-electron chi connectivity index (χ2n) is 7.40. The Morgan fingerprint density at radius 3 is 2.79 bits per heavy atom. The van der Waals surface area contributed by atoms with Crippen molar-refractivity contribution in [3.05, 3.63) is 53.9 Å². The molecule has 4 rings (SSSR count). The molecule has 0 bridgehead atoms. The van der Waals surface area contributed by atoms with Crippen LogP contribution in [0.3, 0.4) is 0 Å². The third kappa shape index (κ3) is 3.26. The highest BCUT2D eigenvalue weighted by atomic mass is 16.5. The number of aromatic nitrogens is 2. The molecule has 2 heterocycles. The number of carbonyl (C=O) groups is 1. The molecule has 0 radical (unpaired) electrons. The van der Waals surface area contributed by atoms with Gasteiger partial charge < -0.3 is 20.1 Å². The molecule has 1 saturated carbocycles. The second-order valence-corrected chi connectivity index (χ2v) is 7.40. The van der Waals surface area contributed by atoms with Crippen LogP contribution in [0.4, 0.5) is 0 Å². The number of nitrogens with zero attached hydrogens (tertiary/aromatic N) is 2. The molecule has 1 aromatic heterocycles. The number of methoxy groups -OCH3 is 1. The topological polar surface area (TPSA) is 77.4 Å². The molecule has 1 aromatic carbocycles. The lowest BCUT2D eigenvalue weighted by Crippen LogP contribution is -2.32. The zero-order chi connectivity index (χ0) is 19.8. The maximum Gasteiger partial charge on any atom is 0.269 e. The average Bonchev–Trinajstić information content (AvgIpc) is 3.13. The molecule has 3 unspecified atom stereocenters. The molecular formula is C21H26N4O3. The summed E-state index contributed by atoms with van der Waals surface area (Å²) in [6, 6.07) is 9.65. The minimum atomic E-state index is -0.142. The number of rotatable bonds is 7. The minimum absolute atomic E-state index is 0.114. The van der Waals surface area contributed by atoms with Crippen molar-refractivity contribution in [3.63, 3.8) is 0 Å². The van der Waals surface area contributed by atoms with Gasteiger partial charge in [-0.25, -0.2) is 0 Å². The fourth-order valence-corrected chi connectivity index (χ4v) is 3.86. The van der Waals surface area contributed by atoms with E-state index in [1.165, 1.54) is 0 Å². The van der Waals surface area contributed by atoms with Crippen LogP contribution >= 0.6 is 0 Å². The fraction of sp³-hybridized carbons (Fsp3) is 0.429. The predicted octanol–water partition coefficient (Wildman–Crippen LogP) is 2.07. The molecule has 1 amide bonds. The summed E-state index contributed by atoms with van der Waals surface area (Å²) in [5.41, 5.74) is 2.85. The molecule has 2 N–H and O–H groups in total. The molecule has 2 fully saturated rings. The van der Waals surface area contributed by atoms with Crippen LogP contribution < -0.4 is 15.4 Å². The van der Waals surface area contributed by atoms with Crippen LogP contribution in [-0.4, -0.2) is 49.1 Å². The van der Waals surface area contributed by atoms with E-state index < -0.39 is 0 Å². The first-order chi connectivity index (χ1) is 13.5. The van der Waals surface area contributed by atoms with Crippen molar-refractivity contribution in [1.82, 2.24) is 20.4 Å². The average molecular weight is 382 g/mol. The summed E-state index contributed by atoms with van der Waals surface area (Å²) >= 11 is 0. The number of hydrogen-bond acceptors (Lipinski definition) is 5. The fourth-order valence-electron chi connectivity index (χ4n) is 3.86. The molecule has 1 saturated heterocycles. The number of fused-ring (bicyclic) bond motifs is 1. The van der Waals surface area contributed by atoms with Crippen LogP contribution in [0.2, 0.25) is 0 Å². The van der Waals surface area contributed by atoms with E-state index in [0.29, 0.717) is 28.9 Å². The Balaban J connectivity index is 1.63. The Hall–Kier alpha value is -2.80. The van der Waals surface area contributed by atoms with Gasteiger partial charge in [-0.3, -0.25) is 9.48 Å². The summed E-state index contributed by atoms with van der Waals surface area (Å²) in [5, 5.41) is 10.8. The molecule has 28 heavy (non-hydrogen) atoms. The van der Waals surface area contributed by atoms with Crippen molar-refractivity contribution >= 4 is 11.6 Å². The van der Waals surface area contributed by atoms with Crippen LogP contribution in [0.1, 0.15) is 34.7 Å². The molecule has 0 spiro atoms. The third-order valence-electron chi connectivity index (χ3n) is 5.77. The molecule has 148 valence electrons. The molecule has 3 atom stereocenters. The van der Waals surface area contributed by atoms with Gasteiger partial charge in [-0.05, 0) is 30.7 Å². The van der Waals surface area contributed by atoms with Crippen molar-refractivity contribution in [1.29, 1.82) is 0 Å². The Morgan fingerprint density at radius 1 is 1.36 bits per heavy atom. The number of benzene rings is 1. The summed E-state index contributed by atoms with van der Waals surface area (Å²) in [5.74, 6) is 1.55. The van der Waals surface area contributed by atoms with Crippen LogP contribution in [0.15, 0.2) is 36.9 Å². The summed E-state index contributed by atoms with van der Waals surface area (Å²) in [7, 11) is 3.43. The number of hydrogen-bond donors (Lipinski definition) is 2. The van der Waals surface area contributed by atoms with E-state index >= 15 is 0 Å². The smallest absolute Gasteiger partial charge is 0.269 e. The summed E-state index contributed by atoms with van der Waals surface area (Å²) in [4.78, 5) is 13.0. The van der Waals surface area contributed by atoms with E-state index in [-0.39, 0.29) is 18.0 Å². The van der Waals surface area contributed by atoms with E-state index in [2.05, 4.69) is 22.3 Å². The van der Waals surface area contributed by atoms with Crippen molar-refractivity contribution < 1.29 is 14.3 Å². The molecule has 2 aromatic rings. The lowest BCUT2D eigenvalue weighted by Gasteiger charge is -2.17. The maximum absolute atomic E-state index is 13.0. The molecular weight excluding hydrogens is 356 g/mol. The number of amides is 1. The first-order valence-electron chi connectivity index (χ1n) is 9.52. The largest absolute Gasteiger partial charge is 0.497 e. The second kappa shape index (κ2) is 7.31. The standard InChI is InChI=1S/C21H26N4O3/c1-12(22-3)18-9-19(21(26)23-20-16-10-28-11-17(16)20)25(24-18)13(2)14-6-5-7-15(8-14)27-4/h5-9,13,16-17,20,22H,1,10-11H2,2-4H3,(H,23,26). The monoisotopic (exact) mass is 382 g/mol. The van der Waals surface area contributed by atoms with Gasteiger partial charge in [0.15, 0.2) is 0 Å². The SMILES string of the molecule is C=C(NC)c1cc(C(=O)NC2C3COCC32)n(C(C)c2cccc(OC)c2)n1. The van der Waals surface area contributed by atoms with Gasteiger partial charge in [0.1, 0.15) is 17.1 Å². The van der Waals surface area contributed by atoms with Gasteiger partial charge in [0, 0.05) is 24.9 Å². The lowest BCUT2D eigenvalue weighted by molar-refractivity contribution is 0.0917. The van der Waals surface area contributed by atoms with Crippen molar-refractivity contribution in [2.24, 2.45) is 11.8 Å². The van der Waals surface area contributed by atoms with E-state index in [9.17, 15) is 4.79 Å². The van der Waals surface area contributed by atoms with Gasteiger partial charge in [0.2, 0.25) is 0 Å². The summed E-state index contributed by atoms with van der Waals surface area (Å²) < 4.78 is 12.5. The quantitative estimate of drug-likeness (QED) is 0.767. The predicted molar refractivity (Wildman–Crippen MR) is 106 cm³/mol. The van der Waals surface area contributed by atoms with Crippen molar-refractivity contribution in [2.75, 3.05) is 27.4 Å². The zero-order valence-corrected chi connectivity index (χ0v) is 16.4. The Labute approximate surface area is 164 Å². The number of carbonyl (C=O) groups excluding carboxylic acids is 1. The van der Waals surface area contributed by atoms with E-state index in [1.54, 1.807) is 24.9 Å².